The Morgan fingerprint density at radius 3 is 2.34 bits per heavy atom. The third-order valence-corrected chi connectivity index (χ3v) is 4.91. The van der Waals surface area contributed by atoms with E-state index in [4.69, 9.17) is 21.9 Å². The summed E-state index contributed by atoms with van der Waals surface area (Å²) in [6.45, 7) is 0. The normalized spacial score (nSPS) is 11.1. The van der Waals surface area contributed by atoms with Gasteiger partial charge in [0.1, 0.15) is 11.3 Å². The van der Waals surface area contributed by atoms with Crippen molar-refractivity contribution < 1.29 is 4.74 Å². The number of para-hydroxylation sites is 2. The molecule has 6 nitrogen and oxygen atoms in total. The highest BCUT2D eigenvalue weighted by atomic mass is 32.1. The maximum atomic E-state index is 5.45. The van der Waals surface area contributed by atoms with Gasteiger partial charge < -0.3 is 20.4 Å². The maximum absolute atomic E-state index is 5.45. The summed E-state index contributed by atoms with van der Waals surface area (Å²) >= 11 is 5.45. The Morgan fingerprint density at radius 1 is 0.897 bits per heavy atom. The van der Waals surface area contributed by atoms with Crippen LogP contribution in [0.5, 0.6) is 5.75 Å². The number of aromatic nitrogens is 3. The van der Waals surface area contributed by atoms with Crippen molar-refractivity contribution in [1.29, 1.82) is 0 Å². The molecule has 2 aromatic heterocycles. The third-order valence-electron chi connectivity index (χ3n) is 4.70. The molecule has 7 heteroatoms. The molecule has 0 aliphatic rings. The molecular formula is C22H17N5OS. The summed E-state index contributed by atoms with van der Waals surface area (Å²) < 4.78 is 5.17. The molecule has 0 unspecified atom stereocenters. The number of H-pyrrole nitrogens is 1. The fourth-order valence-electron chi connectivity index (χ4n) is 3.30. The first kappa shape index (κ1) is 17.4. The van der Waals surface area contributed by atoms with E-state index in [2.05, 4.69) is 20.6 Å². The lowest BCUT2D eigenvalue weighted by Gasteiger charge is -2.11. The third kappa shape index (κ3) is 3.32. The molecule has 29 heavy (non-hydrogen) atoms. The van der Waals surface area contributed by atoms with Crippen LogP contribution in [0.3, 0.4) is 0 Å². The van der Waals surface area contributed by atoms with Gasteiger partial charge >= 0.3 is 0 Å². The van der Waals surface area contributed by atoms with Gasteiger partial charge in [0, 0.05) is 22.3 Å². The van der Waals surface area contributed by atoms with Crippen molar-refractivity contribution in [3.8, 4) is 5.75 Å². The number of thiocarbonyl (C=S) groups is 1. The zero-order valence-electron chi connectivity index (χ0n) is 15.6. The van der Waals surface area contributed by atoms with Crippen LogP contribution in [-0.4, -0.2) is 27.2 Å². The number of methoxy groups -OCH3 is 1. The van der Waals surface area contributed by atoms with Crippen molar-refractivity contribution >= 4 is 61.8 Å². The van der Waals surface area contributed by atoms with Crippen molar-refractivity contribution in [2.75, 3.05) is 17.7 Å². The molecule has 0 saturated carbocycles. The first-order valence-corrected chi connectivity index (χ1v) is 9.51. The lowest BCUT2D eigenvalue weighted by molar-refractivity contribution is 0.415. The molecule has 0 fully saturated rings. The van der Waals surface area contributed by atoms with Crippen molar-refractivity contribution in [2.24, 2.45) is 0 Å². The smallest absolute Gasteiger partial charge is 0.175 e. The molecule has 0 spiro atoms. The van der Waals surface area contributed by atoms with Gasteiger partial charge in [-0.15, -0.1) is 0 Å². The number of anilines is 2. The van der Waals surface area contributed by atoms with Gasteiger partial charge in [-0.3, -0.25) is 0 Å². The van der Waals surface area contributed by atoms with Gasteiger partial charge in [-0.05, 0) is 66.8 Å². The largest absolute Gasteiger partial charge is 0.497 e. The quantitative estimate of drug-likeness (QED) is 0.367. The average molecular weight is 399 g/mol. The van der Waals surface area contributed by atoms with E-state index in [1.54, 1.807) is 7.11 Å². The highest BCUT2D eigenvalue weighted by Crippen LogP contribution is 2.27. The number of benzene rings is 3. The van der Waals surface area contributed by atoms with Gasteiger partial charge in [0.05, 0.1) is 18.1 Å². The topological polar surface area (TPSA) is 74.9 Å². The van der Waals surface area contributed by atoms with Crippen LogP contribution in [0.4, 0.5) is 11.4 Å². The molecule has 5 aromatic rings. The van der Waals surface area contributed by atoms with Crippen molar-refractivity contribution in [3.63, 3.8) is 0 Å². The predicted molar refractivity (Wildman–Crippen MR) is 122 cm³/mol. The second-order valence-corrected chi connectivity index (χ2v) is 7.01. The van der Waals surface area contributed by atoms with Gasteiger partial charge in [-0.2, -0.15) is 0 Å². The number of nitrogens with one attached hydrogen (secondary N) is 3. The van der Waals surface area contributed by atoms with Crippen LogP contribution in [0.2, 0.25) is 0 Å². The molecule has 3 N–H and O–H groups in total. The summed E-state index contributed by atoms with van der Waals surface area (Å²) in [6, 6.07) is 21.4. The molecular weight excluding hydrogens is 382 g/mol. The van der Waals surface area contributed by atoms with Gasteiger partial charge in [0.2, 0.25) is 0 Å². The molecule has 0 atom stereocenters. The van der Waals surface area contributed by atoms with Crippen LogP contribution in [0.15, 0.2) is 66.7 Å². The van der Waals surface area contributed by atoms with Crippen molar-refractivity contribution in [1.82, 2.24) is 15.0 Å². The van der Waals surface area contributed by atoms with E-state index >= 15 is 0 Å². The Hall–Kier alpha value is -3.71. The van der Waals surface area contributed by atoms with E-state index in [0.29, 0.717) is 5.11 Å². The van der Waals surface area contributed by atoms with Crippen LogP contribution in [0.25, 0.3) is 33.1 Å². The van der Waals surface area contributed by atoms with Crippen LogP contribution in [0, 0.1) is 0 Å². The zero-order chi connectivity index (χ0) is 19.8. The number of nitrogens with zero attached hydrogens (tertiary/aromatic N) is 2. The van der Waals surface area contributed by atoms with Gasteiger partial charge in [-0.25, -0.2) is 9.97 Å². The van der Waals surface area contributed by atoms with E-state index in [1.165, 1.54) is 0 Å². The fourth-order valence-corrected chi connectivity index (χ4v) is 3.53. The molecule has 0 bridgehead atoms. The summed E-state index contributed by atoms with van der Waals surface area (Å²) in [7, 11) is 1.64. The Balaban J connectivity index is 1.44. The summed E-state index contributed by atoms with van der Waals surface area (Å²) in [5, 5.41) is 7.91. The summed E-state index contributed by atoms with van der Waals surface area (Å²) in [6.07, 6.45) is 0. The van der Waals surface area contributed by atoms with Crippen LogP contribution in [0.1, 0.15) is 0 Å². The highest BCUT2D eigenvalue weighted by Gasteiger charge is 2.10. The Morgan fingerprint density at radius 2 is 1.59 bits per heavy atom. The molecule has 0 saturated heterocycles. The Kier molecular flexibility index (Phi) is 4.22. The number of hydrogen-bond acceptors (Lipinski definition) is 4. The van der Waals surface area contributed by atoms with Crippen LogP contribution in [-0.2, 0) is 0 Å². The lowest BCUT2D eigenvalue weighted by atomic mass is 10.2. The molecule has 0 aliphatic carbocycles. The minimum Gasteiger partial charge on any atom is -0.497 e. The van der Waals surface area contributed by atoms with Crippen molar-refractivity contribution in [2.45, 2.75) is 0 Å². The molecule has 0 aliphatic heterocycles. The maximum Gasteiger partial charge on any atom is 0.175 e. The van der Waals surface area contributed by atoms with Gasteiger partial charge in [0.25, 0.3) is 0 Å². The van der Waals surface area contributed by atoms with E-state index < -0.39 is 0 Å². The van der Waals surface area contributed by atoms with Gasteiger partial charge in [-0.1, -0.05) is 12.1 Å². The molecule has 142 valence electrons. The van der Waals surface area contributed by atoms with Crippen LogP contribution < -0.4 is 15.4 Å². The number of ether oxygens (including phenoxy) is 1. The number of aromatic amines is 1. The van der Waals surface area contributed by atoms with Crippen molar-refractivity contribution in [3.05, 3.63) is 66.7 Å². The zero-order valence-corrected chi connectivity index (χ0v) is 16.4. The summed E-state index contributed by atoms with van der Waals surface area (Å²) in [5.41, 5.74) is 6.10. The summed E-state index contributed by atoms with van der Waals surface area (Å²) in [4.78, 5) is 12.8. The monoisotopic (exact) mass is 399 g/mol. The SMILES string of the molecule is COc1ccc(NC(=S)Nc2ccc3[nH]c4nc5ccccc5nc4c3c2)cc1. The second-order valence-electron chi connectivity index (χ2n) is 6.60. The highest BCUT2D eigenvalue weighted by molar-refractivity contribution is 7.80. The number of hydrogen-bond donors (Lipinski definition) is 3. The molecule has 2 heterocycles. The van der Waals surface area contributed by atoms with E-state index in [1.807, 2.05) is 66.7 Å². The Bertz CT molecular complexity index is 1360. The minimum atomic E-state index is 0.505. The Labute approximate surface area is 171 Å². The summed E-state index contributed by atoms with van der Waals surface area (Å²) in [5.74, 6) is 0.799. The molecule has 0 amide bonds. The first-order chi connectivity index (χ1) is 14.2. The standard InChI is InChI=1S/C22H17N5OS/c1-28-15-9-6-13(7-10-15)23-22(29)24-14-8-11-17-16(12-14)20-21(26-17)27-19-5-3-2-4-18(19)25-20/h2-12H,1H3,(H,26,27)(H2,23,24,29). The number of fused-ring (bicyclic) bond motifs is 4. The van der Waals surface area contributed by atoms with Crippen LogP contribution >= 0.6 is 12.2 Å². The second kappa shape index (κ2) is 7.03. The minimum absolute atomic E-state index is 0.505. The average Bonchev–Trinajstić information content (AvgIpc) is 3.09. The van der Waals surface area contributed by atoms with Gasteiger partial charge in [0.15, 0.2) is 10.8 Å². The molecule has 0 radical (unpaired) electrons. The fraction of sp³-hybridized carbons (Fsp3) is 0.0455. The number of rotatable bonds is 3. The lowest BCUT2D eigenvalue weighted by Crippen LogP contribution is -2.18. The van der Waals surface area contributed by atoms with E-state index in [9.17, 15) is 0 Å². The predicted octanol–water partition coefficient (Wildman–Crippen LogP) is 5.08. The molecule has 5 rings (SSSR count). The molecule has 3 aromatic carbocycles. The van der Waals surface area contributed by atoms with E-state index in [0.717, 1.165) is 50.2 Å². The van der Waals surface area contributed by atoms with E-state index in [-0.39, 0.29) is 0 Å². The first-order valence-electron chi connectivity index (χ1n) is 9.10.